The molecule has 0 radical (unpaired) electrons. The molecule has 0 atom stereocenters. The summed E-state index contributed by atoms with van der Waals surface area (Å²) >= 11 is 0. The Balaban J connectivity index is 1.92. The summed E-state index contributed by atoms with van der Waals surface area (Å²) in [6.45, 7) is 12.6. The van der Waals surface area contributed by atoms with E-state index in [0.717, 1.165) is 33.9 Å². The van der Waals surface area contributed by atoms with E-state index in [-0.39, 0.29) is 16.0 Å². The molecule has 5 nitrogen and oxygen atoms in total. The van der Waals surface area contributed by atoms with E-state index in [1.165, 1.54) is 11.6 Å². The van der Waals surface area contributed by atoms with E-state index in [2.05, 4.69) is 74.5 Å². The van der Waals surface area contributed by atoms with Crippen LogP contribution in [0.5, 0.6) is 0 Å². The van der Waals surface area contributed by atoms with Crippen molar-refractivity contribution in [2.45, 2.75) is 47.0 Å². The molecular weight excluding hydrogens is 362 g/mol. The summed E-state index contributed by atoms with van der Waals surface area (Å²) in [6.07, 6.45) is 1.83. The number of rotatable bonds is 4. The van der Waals surface area contributed by atoms with Crippen LogP contribution in [0.1, 0.15) is 48.8 Å². The van der Waals surface area contributed by atoms with Crippen LogP contribution >= 0.6 is 0 Å². The maximum Gasteiger partial charge on any atom is 0.269 e. The first-order valence-electron chi connectivity index (χ1n) is 9.67. The standard InChI is InChI=1S/C24H27N3O2/c1-16-13-22(27(28)29)11-12-23(16)25-15-19-14-17(2)26(18(19)3)21-9-7-20(8-10-21)24(4,5)6/h7-15H,1-6H3. The second-order valence-electron chi connectivity index (χ2n) is 8.44. The third-order valence-corrected chi connectivity index (χ3v) is 5.20. The van der Waals surface area contributed by atoms with Gasteiger partial charge in [-0.3, -0.25) is 15.1 Å². The Labute approximate surface area is 171 Å². The number of nitro benzene ring substituents is 1. The number of non-ortho nitro benzene ring substituents is 1. The van der Waals surface area contributed by atoms with E-state index in [1.807, 2.05) is 13.1 Å². The summed E-state index contributed by atoms with van der Waals surface area (Å²) in [4.78, 5) is 15.1. The van der Waals surface area contributed by atoms with Crippen molar-refractivity contribution in [3.8, 4) is 5.69 Å². The minimum Gasteiger partial charge on any atom is -0.318 e. The van der Waals surface area contributed by atoms with Gasteiger partial charge in [0.1, 0.15) is 0 Å². The Morgan fingerprint density at radius 1 is 1.00 bits per heavy atom. The third kappa shape index (κ3) is 4.29. The predicted molar refractivity (Wildman–Crippen MR) is 119 cm³/mol. The van der Waals surface area contributed by atoms with E-state index in [0.29, 0.717) is 0 Å². The van der Waals surface area contributed by atoms with Crippen LogP contribution in [0, 0.1) is 30.9 Å². The number of aliphatic imine (C=N–C) groups is 1. The molecule has 0 amide bonds. The molecule has 29 heavy (non-hydrogen) atoms. The summed E-state index contributed by atoms with van der Waals surface area (Å²) in [5.74, 6) is 0. The van der Waals surface area contributed by atoms with E-state index in [4.69, 9.17) is 0 Å². The summed E-state index contributed by atoms with van der Waals surface area (Å²) < 4.78 is 2.22. The normalized spacial score (nSPS) is 11.9. The number of nitrogens with zero attached hydrogens (tertiary/aromatic N) is 3. The number of aromatic nitrogens is 1. The van der Waals surface area contributed by atoms with E-state index < -0.39 is 0 Å². The lowest BCUT2D eigenvalue weighted by atomic mass is 9.87. The van der Waals surface area contributed by atoms with Crippen LogP contribution in [0.2, 0.25) is 0 Å². The zero-order chi connectivity index (χ0) is 21.3. The first-order valence-corrected chi connectivity index (χ1v) is 9.67. The lowest BCUT2D eigenvalue weighted by Gasteiger charge is -2.20. The van der Waals surface area contributed by atoms with Gasteiger partial charge in [0.05, 0.1) is 10.6 Å². The monoisotopic (exact) mass is 389 g/mol. The van der Waals surface area contributed by atoms with Crippen LogP contribution in [-0.4, -0.2) is 15.7 Å². The Hall–Kier alpha value is -3.21. The van der Waals surface area contributed by atoms with Crippen LogP contribution in [0.15, 0.2) is 53.5 Å². The van der Waals surface area contributed by atoms with Gasteiger partial charge in [-0.2, -0.15) is 0 Å². The Kier molecular flexibility index (Phi) is 5.42. The zero-order valence-electron chi connectivity index (χ0n) is 17.9. The van der Waals surface area contributed by atoms with Crippen molar-refractivity contribution in [2.75, 3.05) is 0 Å². The molecular formula is C24H27N3O2. The van der Waals surface area contributed by atoms with Gasteiger partial charge < -0.3 is 4.57 Å². The second-order valence-corrected chi connectivity index (χ2v) is 8.44. The topological polar surface area (TPSA) is 60.4 Å². The lowest BCUT2D eigenvalue weighted by Crippen LogP contribution is -2.11. The first kappa shape index (κ1) is 20.5. The largest absolute Gasteiger partial charge is 0.318 e. The van der Waals surface area contributed by atoms with Gasteiger partial charge in [-0.1, -0.05) is 32.9 Å². The molecule has 0 aliphatic rings. The highest BCUT2D eigenvalue weighted by Crippen LogP contribution is 2.27. The molecule has 0 spiro atoms. The fourth-order valence-corrected chi connectivity index (χ4v) is 3.46. The van der Waals surface area contributed by atoms with Crippen molar-refractivity contribution in [1.82, 2.24) is 4.57 Å². The lowest BCUT2D eigenvalue weighted by molar-refractivity contribution is -0.384. The maximum atomic E-state index is 10.9. The molecule has 150 valence electrons. The molecule has 0 bridgehead atoms. The van der Waals surface area contributed by atoms with Crippen molar-refractivity contribution < 1.29 is 4.92 Å². The Morgan fingerprint density at radius 3 is 2.21 bits per heavy atom. The van der Waals surface area contributed by atoms with Crippen LogP contribution < -0.4 is 0 Å². The molecule has 0 aliphatic carbocycles. The van der Waals surface area contributed by atoms with Crippen molar-refractivity contribution in [1.29, 1.82) is 0 Å². The highest BCUT2D eigenvalue weighted by Gasteiger charge is 2.15. The van der Waals surface area contributed by atoms with Crippen LogP contribution in [0.3, 0.4) is 0 Å². The molecule has 0 aliphatic heterocycles. The highest BCUT2D eigenvalue weighted by molar-refractivity contribution is 5.84. The summed E-state index contributed by atoms with van der Waals surface area (Å²) in [5, 5.41) is 10.9. The minimum absolute atomic E-state index is 0.0818. The van der Waals surface area contributed by atoms with Gasteiger partial charge in [-0.05, 0) is 61.6 Å². The van der Waals surface area contributed by atoms with Crippen LogP contribution in [-0.2, 0) is 5.41 Å². The van der Waals surface area contributed by atoms with Gasteiger partial charge in [-0.15, -0.1) is 0 Å². The van der Waals surface area contributed by atoms with Gasteiger partial charge in [0, 0.05) is 41.0 Å². The molecule has 2 aromatic carbocycles. The molecule has 0 saturated carbocycles. The molecule has 0 N–H and O–H groups in total. The van der Waals surface area contributed by atoms with Gasteiger partial charge in [0.15, 0.2) is 0 Å². The zero-order valence-corrected chi connectivity index (χ0v) is 17.9. The summed E-state index contributed by atoms with van der Waals surface area (Å²) in [7, 11) is 0. The van der Waals surface area contributed by atoms with Crippen molar-refractivity contribution >= 4 is 17.6 Å². The highest BCUT2D eigenvalue weighted by atomic mass is 16.6. The van der Waals surface area contributed by atoms with E-state index >= 15 is 0 Å². The van der Waals surface area contributed by atoms with Crippen LogP contribution in [0.25, 0.3) is 5.69 Å². The molecule has 3 rings (SSSR count). The van der Waals surface area contributed by atoms with Crippen molar-refractivity contribution in [3.63, 3.8) is 0 Å². The number of hydrogen-bond donors (Lipinski definition) is 0. The Bertz CT molecular complexity index is 1080. The fraction of sp³-hybridized carbons (Fsp3) is 0.292. The molecule has 0 saturated heterocycles. The molecule has 5 heteroatoms. The Morgan fingerprint density at radius 2 is 1.66 bits per heavy atom. The summed E-state index contributed by atoms with van der Waals surface area (Å²) in [6, 6.07) is 15.5. The third-order valence-electron chi connectivity index (χ3n) is 5.20. The maximum absolute atomic E-state index is 10.9. The van der Waals surface area contributed by atoms with Crippen LogP contribution in [0.4, 0.5) is 11.4 Å². The molecule has 3 aromatic rings. The number of benzene rings is 2. The van der Waals surface area contributed by atoms with Crippen molar-refractivity contribution in [3.05, 3.63) is 86.7 Å². The van der Waals surface area contributed by atoms with Gasteiger partial charge >= 0.3 is 0 Å². The SMILES string of the molecule is Cc1cc([N+](=O)[O-])ccc1N=Cc1cc(C)n(-c2ccc(C(C)(C)C)cc2)c1C. The minimum atomic E-state index is -0.390. The van der Waals surface area contributed by atoms with Crippen molar-refractivity contribution in [2.24, 2.45) is 4.99 Å². The fourth-order valence-electron chi connectivity index (χ4n) is 3.46. The van der Waals surface area contributed by atoms with Gasteiger partial charge in [-0.25, -0.2) is 0 Å². The number of hydrogen-bond acceptors (Lipinski definition) is 3. The molecule has 0 unspecified atom stereocenters. The van der Waals surface area contributed by atoms with Gasteiger partial charge in [0.2, 0.25) is 0 Å². The van der Waals surface area contributed by atoms with E-state index in [1.54, 1.807) is 12.1 Å². The molecule has 1 heterocycles. The average molecular weight is 389 g/mol. The molecule has 1 aromatic heterocycles. The first-order chi connectivity index (χ1) is 13.6. The smallest absolute Gasteiger partial charge is 0.269 e. The average Bonchev–Trinajstić information content (AvgIpc) is 2.93. The quantitative estimate of drug-likeness (QED) is 0.296. The second kappa shape index (κ2) is 7.66. The molecule has 0 fully saturated rings. The van der Waals surface area contributed by atoms with E-state index in [9.17, 15) is 10.1 Å². The predicted octanol–water partition coefficient (Wildman–Crippen LogP) is 6.36. The summed E-state index contributed by atoms with van der Waals surface area (Å²) in [5.41, 5.74) is 7.41. The number of aryl methyl sites for hydroxylation is 2. The number of nitro groups is 1. The van der Waals surface area contributed by atoms with Gasteiger partial charge in [0.25, 0.3) is 5.69 Å².